The zero-order chi connectivity index (χ0) is 19.8. The maximum atomic E-state index is 13.2. The summed E-state index contributed by atoms with van der Waals surface area (Å²) in [6.07, 6.45) is 2.45. The van der Waals surface area contributed by atoms with Crippen molar-refractivity contribution in [3.8, 4) is 0 Å². The van der Waals surface area contributed by atoms with Crippen LogP contribution < -0.4 is 5.32 Å². The quantitative estimate of drug-likeness (QED) is 0.261. The predicted octanol–water partition coefficient (Wildman–Crippen LogP) is 3.98. The molecule has 160 valence electrons. The standard InChI is InChI=1S/C21H28FN3O3.HI/c1-16-13-25(14-20(28-16)17-6-8-18(22)9-7-17)21(23-2)24-10-4-11-26-15-19-5-3-12-27-19;/h3,5-9,12,16,20H,4,10-11,13-15H2,1-2H3,(H,23,24);1H. The zero-order valence-corrected chi connectivity index (χ0v) is 19.2. The van der Waals surface area contributed by atoms with E-state index in [1.165, 1.54) is 12.1 Å². The first-order valence-electron chi connectivity index (χ1n) is 9.62. The van der Waals surface area contributed by atoms with Crippen molar-refractivity contribution < 1.29 is 18.3 Å². The van der Waals surface area contributed by atoms with Gasteiger partial charge >= 0.3 is 0 Å². The Bertz CT molecular complexity index is 740. The molecular weight excluding hydrogens is 488 g/mol. The van der Waals surface area contributed by atoms with Crippen molar-refractivity contribution in [3.63, 3.8) is 0 Å². The third-order valence-corrected chi connectivity index (χ3v) is 4.59. The Kier molecular flexibility index (Phi) is 9.89. The number of hydrogen-bond donors (Lipinski definition) is 1. The monoisotopic (exact) mass is 517 g/mol. The number of aliphatic imine (C=N–C) groups is 1. The number of halogens is 2. The zero-order valence-electron chi connectivity index (χ0n) is 16.8. The van der Waals surface area contributed by atoms with Crippen molar-refractivity contribution in [3.05, 3.63) is 59.8 Å². The van der Waals surface area contributed by atoms with E-state index < -0.39 is 0 Å². The summed E-state index contributed by atoms with van der Waals surface area (Å²) in [6, 6.07) is 10.3. The Hall–Kier alpha value is -1.65. The molecule has 0 amide bonds. The summed E-state index contributed by atoms with van der Waals surface area (Å²) < 4.78 is 30.1. The molecule has 0 radical (unpaired) electrons. The highest BCUT2D eigenvalue weighted by Crippen LogP contribution is 2.25. The summed E-state index contributed by atoms with van der Waals surface area (Å²) in [4.78, 5) is 6.59. The normalized spacial score (nSPS) is 19.7. The molecule has 0 bridgehead atoms. The molecule has 1 aliphatic heterocycles. The SMILES string of the molecule is CN=C(NCCCOCc1ccco1)N1CC(C)OC(c2ccc(F)cc2)C1.I. The summed E-state index contributed by atoms with van der Waals surface area (Å²) in [5.41, 5.74) is 0.972. The Morgan fingerprint density at radius 1 is 1.28 bits per heavy atom. The molecule has 1 N–H and O–H groups in total. The molecule has 0 spiro atoms. The number of nitrogens with one attached hydrogen (secondary N) is 1. The maximum absolute atomic E-state index is 13.2. The van der Waals surface area contributed by atoms with Crippen molar-refractivity contribution in [1.82, 2.24) is 10.2 Å². The lowest BCUT2D eigenvalue weighted by atomic mass is 10.1. The molecule has 2 aromatic rings. The van der Waals surface area contributed by atoms with E-state index >= 15 is 0 Å². The van der Waals surface area contributed by atoms with Crippen molar-refractivity contribution in [2.75, 3.05) is 33.3 Å². The molecule has 1 saturated heterocycles. The lowest BCUT2D eigenvalue weighted by molar-refractivity contribution is -0.0605. The number of guanidine groups is 1. The van der Waals surface area contributed by atoms with Gasteiger partial charge < -0.3 is 24.1 Å². The van der Waals surface area contributed by atoms with Gasteiger partial charge in [0.1, 0.15) is 24.3 Å². The van der Waals surface area contributed by atoms with Crippen LogP contribution in [0.15, 0.2) is 52.1 Å². The van der Waals surface area contributed by atoms with E-state index in [0.29, 0.717) is 19.8 Å². The number of furan rings is 1. The molecule has 0 aliphatic carbocycles. The van der Waals surface area contributed by atoms with Crippen LogP contribution in [0.3, 0.4) is 0 Å². The van der Waals surface area contributed by atoms with Gasteiger partial charge in [-0.2, -0.15) is 0 Å². The highest BCUT2D eigenvalue weighted by atomic mass is 127. The molecule has 1 aromatic carbocycles. The number of nitrogens with zero attached hydrogens (tertiary/aromatic N) is 2. The first kappa shape index (κ1) is 23.6. The maximum Gasteiger partial charge on any atom is 0.193 e. The second kappa shape index (κ2) is 12.1. The van der Waals surface area contributed by atoms with Gasteiger partial charge in [0.2, 0.25) is 0 Å². The van der Waals surface area contributed by atoms with Crippen LogP contribution in [-0.2, 0) is 16.1 Å². The van der Waals surface area contributed by atoms with Gasteiger partial charge in [-0.05, 0) is 43.2 Å². The van der Waals surface area contributed by atoms with Crippen LogP contribution in [0, 0.1) is 5.82 Å². The fourth-order valence-corrected chi connectivity index (χ4v) is 3.26. The third-order valence-electron chi connectivity index (χ3n) is 4.59. The van der Waals surface area contributed by atoms with E-state index in [0.717, 1.165) is 36.8 Å². The molecular formula is C21H29FIN3O3. The summed E-state index contributed by atoms with van der Waals surface area (Å²) in [5.74, 6) is 1.43. The van der Waals surface area contributed by atoms with Crippen molar-refractivity contribution in [2.45, 2.75) is 32.2 Å². The van der Waals surface area contributed by atoms with Crippen LogP contribution in [0.25, 0.3) is 0 Å². The van der Waals surface area contributed by atoms with Crippen LogP contribution in [0.2, 0.25) is 0 Å². The van der Waals surface area contributed by atoms with Crippen molar-refractivity contribution in [1.29, 1.82) is 0 Å². The van der Waals surface area contributed by atoms with E-state index in [1.807, 2.05) is 19.1 Å². The lowest BCUT2D eigenvalue weighted by Crippen LogP contribution is -2.50. The lowest BCUT2D eigenvalue weighted by Gasteiger charge is -2.38. The number of hydrogen-bond acceptors (Lipinski definition) is 4. The van der Waals surface area contributed by atoms with Crippen molar-refractivity contribution in [2.24, 2.45) is 4.99 Å². The van der Waals surface area contributed by atoms with Gasteiger partial charge in [0.15, 0.2) is 5.96 Å². The van der Waals surface area contributed by atoms with Crippen LogP contribution in [-0.4, -0.2) is 50.3 Å². The second-order valence-corrected chi connectivity index (χ2v) is 6.85. The number of morpholine rings is 1. The highest BCUT2D eigenvalue weighted by molar-refractivity contribution is 14.0. The second-order valence-electron chi connectivity index (χ2n) is 6.85. The van der Waals surface area contributed by atoms with Crippen LogP contribution in [0.5, 0.6) is 0 Å². The summed E-state index contributed by atoms with van der Waals surface area (Å²) >= 11 is 0. The molecule has 2 atom stereocenters. The smallest absolute Gasteiger partial charge is 0.193 e. The average molecular weight is 517 g/mol. The summed E-state index contributed by atoms with van der Waals surface area (Å²) in [6.45, 7) is 5.36. The molecule has 6 nitrogen and oxygen atoms in total. The first-order valence-corrected chi connectivity index (χ1v) is 9.62. The fraction of sp³-hybridized carbons (Fsp3) is 0.476. The van der Waals surface area contributed by atoms with Crippen molar-refractivity contribution >= 4 is 29.9 Å². The van der Waals surface area contributed by atoms with Gasteiger partial charge in [-0.1, -0.05) is 12.1 Å². The molecule has 0 saturated carbocycles. The van der Waals surface area contributed by atoms with Gasteiger partial charge in [0.25, 0.3) is 0 Å². The first-order chi connectivity index (χ1) is 13.7. The Morgan fingerprint density at radius 3 is 2.76 bits per heavy atom. The molecule has 2 heterocycles. The minimum atomic E-state index is -0.240. The third kappa shape index (κ3) is 7.27. The largest absolute Gasteiger partial charge is 0.467 e. The van der Waals surface area contributed by atoms with E-state index in [9.17, 15) is 4.39 Å². The molecule has 8 heteroatoms. The van der Waals surface area contributed by atoms with Gasteiger partial charge in [-0.15, -0.1) is 24.0 Å². The van der Waals surface area contributed by atoms with E-state index in [4.69, 9.17) is 13.9 Å². The van der Waals surface area contributed by atoms with Gasteiger partial charge in [0.05, 0.1) is 18.9 Å². The van der Waals surface area contributed by atoms with E-state index in [-0.39, 0.29) is 42.0 Å². The topological polar surface area (TPSA) is 59.2 Å². The average Bonchev–Trinajstić information content (AvgIpc) is 3.21. The Morgan fingerprint density at radius 2 is 2.07 bits per heavy atom. The number of ether oxygens (including phenoxy) is 2. The summed E-state index contributed by atoms with van der Waals surface area (Å²) in [7, 11) is 1.78. The van der Waals surface area contributed by atoms with Crippen LogP contribution in [0.1, 0.15) is 30.8 Å². The van der Waals surface area contributed by atoms with Gasteiger partial charge in [-0.25, -0.2) is 4.39 Å². The van der Waals surface area contributed by atoms with Crippen LogP contribution >= 0.6 is 24.0 Å². The number of rotatable bonds is 7. The Balaban J connectivity index is 0.00000300. The molecule has 1 fully saturated rings. The molecule has 1 aliphatic rings. The molecule has 2 unspecified atom stereocenters. The molecule has 29 heavy (non-hydrogen) atoms. The predicted molar refractivity (Wildman–Crippen MR) is 121 cm³/mol. The summed E-state index contributed by atoms with van der Waals surface area (Å²) in [5, 5.41) is 3.39. The minimum Gasteiger partial charge on any atom is -0.467 e. The van der Waals surface area contributed by atoms with Gasteiger partial charge in [0, 0.05) is 26.7 Å². The number of benzene rings is 1. The van der Waals surface area contributed by atoms with E-state index in [2.05, 4.69) is 15.2 Å². The molecule has 3 rings (SSSR count). The van der Waals surface area contributed by atoms with Gasteiger partial charge in [-0.3, -0.25) is 4.99 Å². The Labute approximate surface area is 188 Å². The van der Waals surface area contributed by atoms with E-state index in [1.54, 1.807) is 25.4 Å². The minimum absolute atomic E-state index is 0. The highest BCUT2D eigenvalue weighted by Gasteiger charge is 2.28. The molecule has 1 aromatic heterocycles. The van der Waals surface area contributed by atoms with Crippen LogP contribution in [0.4, 0.5) is 4.39 Å². The fourth-order valence-electron chi connectivity index (χ4n) is 3.26.